The molecule has 1 rings (SSSR count). The van der Waals surface area contributed by atoms with Crippen LogP contribution in [0.2, 0.25) is 0 Å². The zero-order valence-electron chi connectivity index (χ0n) is 9.65. The summed E-state index contributed by atoms with van der Waals surface area (Å²) in [4.78, 5) is 15.8. The standard InChI is InChI=1S/C11H14F3N3O/c12-11(13,14)10(18)17(6-2-4-15)8-9-3-1-5-16-7-9/h1,3,5,7H,2,4,6,8,15H2. The summed E-state index contributed by atoms with van der Waals surface area (Å²) in [5.74, 6) is -1.85. The van der Waals surface area contributed by atoms with Gasteiger partial charge < -0.3 is 10.6 Å². The molecular formula is C11H14F3N3O. The van der Waals surface area contributed by atoms with Crippen molar-refractivity contribution in [1.82, 2.24) is 9.88 Å². The summed E-state index contributed by atoms with van der Waals surface area (Å²) in [5.41, 5.74) is 5.80. The Kier molecular flexibility index (Phi) is 5.08. The van der Waals surface area contributed by atoms with E-state index in [-0.39, 0.29) is 19.6 Å². The lowest BCUT2D eigenvalue weighted by Gasteiger charge is -2.23. The molecule has 0 spiro atoms. The first-order chi connectivity index (χ1) is 8.45. The van der Waals surface area contributed by atoms with Gasteiger partial charge in [-0.05, 0) is 24.6 Å². The van der Waals surface area contributed by atoms with Gasteiger partial charge in [0.25, 0.3) is 0 Å². The Morgan fingerprint density at radius 1 is 1.44 bits per heavy atom. The number of nitrogens with two attached hydrogens (primary N) is 1. The molecule has 0 saturated carbocycles. The number of pyridine rings is 1. The predicted molar refractivity (Wildman–Crippen MR) is 59.4 cm³/mol. The van der Waals surface area contributed by atoms with E-state index < -0.39 is 12.1 Å². The van der Waals surface area contributed by atoms with Crippen LogP contribution in [0.5, 0.6) is 0 Å². The summed E-state index contributed by atoms with van der Waals surface area (Å²) >= 11 is 0. The fraction of sp³-hybridized carbons (Fsp3) is 0.455. The Morgan fingerprint density at radius 2 is 2.17 bits per heavy atom. The summed E-state index contributed by atoms with van der Waals surface area (Å²) in [5, 5.41) is 0. The molecule has 0 atom stereocenters. The Morgan fingerprint density at radius 3 is 2.67 bits per heavy atom. The van der Waals surface area contributed by atoms with Crippen LogP contribution in [0.15, 0.2) is 24.5 Å². The van der Waals surface area contributed by atoms with Crippen molar-refractivity contribution >= 4 is 5.91 Å². The number of carbonyl (C=O) groups is 1. The summed E-state index contributed by atoms with van der Waals surface area (Å²) in [6, 6.07) is 3.22. The molecule has 1 aromatic heterocycles. The van der Waals surface area contributed by atoms with Gasteiger partial charge in [-0.1, -0.05) is 6.07 Å². The smallest absolute Gasteiger partial charge is 0.330 e. The maximum atomic E-state index is 12.4. The van der Waals surface area contributed by atoms with Crippen molar-refractivity contribution in [3.8, 4) is 0 Å². The number of rotatable bonds is 5. The average molecular weight is 261 g/mol. The van der Waals surface area contributed by atoms with Gasteiger partial charge in [0.1, 0.15) is 0 Å². The molecular weight excluding hydrogens is 247 g/mol. The van der Waals surface area contributed by atoms with E-state index in [2.05, 4.69) is 4.98 Å². The maximum absolute atomic E-state index is 12.4. The van der Waals surface area contributed by atoms with E-state index in [0.717, 1.165) is 4.90 Å². The highest BCUT2D eigenvalue weighted by molar-refractivity contribution is 5.81. The zero-order chi connectivity index (χ0) is 13.6. The number of alkyl halides is 3. The van der Waals surface area contributed by atoms with E-state index in [1.54, 1.807) is 12.1 Å². The van der Waals surface area contributed by atoms with E-state index in [0.29, 0.717) is 12.0 Å². The molecule has 1 amide bonds. The van der Waals surface area contributed by atoms with Gasteiger partial charge in [0.15, 0.2) is 0 Å². The highest BCUT2D eigenvalue weighted by atomic mass is 19.4. The highest BCUT2D eigenvalue weighted by Gasteiger charge is 2.42. The van der Waals surface area contributed by atoms with Gasteiger partial charge in [0.05, 0.1) is 0 Å². The predicted octanol–water partition coefficient (Wildman–Crippen LogP) is 1.32. The average Bonchev–Trinajstić information content (AvgIpc) is 2.33. The summed E-state index contributed by atoms with van der Waals surface area (Å²) in [6.45, 7) is 0.0879. The Bertz CT molecular complexity index is 381. The molecule has 0 aromatic carbocycles. The van der Waals surface area contributed by atoms with Gasteiger partial charge in [-0.15, -0.1) is 0 Å². The summed E-state index contributed by atoms with van der Waals surface area (Å²) < 4.78 is 37.2. The van der Waals surface area contributed by atoms with Crippen LogP contribution in [0.1, 0.15) is 12.0 Å². The van der Waals surface area contributed by atoms with Crippen LogP contribution in [0.4, 0.5) is 13.2 Å². The molecule has 1 heterocycles. The first kappa shape index (κ1) is 14.4. The number of hydrogen-bond donors (Lipinski definition) is 1. The lowest BCUT2D eigenvalue weighted by molar-refractivity contribution is -0.186. The molecule has 18 heavy (non-hydrogen) atoms. The third-order valence-corrected chi connectivity index (χ3v) is 2.26. The van der Waals surface area contributed by atoms with Crippen LogP contribution in [-0.2, 0) is 11.3 Å². The van der Waals surface area contributed by atoms with Crippen LogP contribution in [0.3, 0.4) is 0 Å². The maximum Gasteiger partial charge on any atom is 0.471 e. The van der Waals surface area contributed by atoms with Crippen molar-refractivity contribution in [3.05, 3.63) is 30.1 Å². The van der Waals surface area contributed by atoms with Crippen molar-refractivity contribution in [2.75, 3.05) is 13.1 Å². The van der Waals surface area contributed by atoms with Crippen molar-refractivity contribution < 1.29 is 18.0 Å². The van der Waals surface area contributed by atoms with Crippen LogP contribution in [-0.4, -0.2) is 35.1 Å². The molecule has 0 aliphatic heterocycles. The second kappa shape index (κ2) is 6.34. The largest absolute Gasteiger partial charge is 0.471 e. The van der Waals surface area contributed by atoms with Crippen LogP contribution < -0.4 is 5.73 Å². The molecule has 0 aliphatic carbocycles. The van der Waals surface area contributed by atoms with Gasteiger partial charge in [-0.3, -0.25) is 9.78 Å². The Hall–Kier alpha value is -1.63. The number of hydrogen-bond acceptors (Lipinski definition) is 3. The Balaban J connectivity index is 2.76. The van der Waals surface area contributed by atoms with E-state index in [9.17, 15) is 18.0 Å². The summed E-state index contributed by atoms with van der Waals surface area (Å²) in [6.07, 6.45) is -1.60. The molecule has 100 valence electrons. The molecule has 0 aliphatic rings. The van der Waals surface area contributed by atoms with Gasteiger partial charge >= 0.3 is 12.1 Å². The molecule has 4 nitrogen and oxygen atoms in total. The third kappa shape index (κ3) is 4.33. The minimum absolute atomic E-state index is 0.0241. The first-order valence-corrected chi connectivity index (χ1v) is 5.40. The minimum Gasteiger partial charge on any atom is -0.330 e. The van der Waals surface area contributed by atoms with E-state index >= 15 is 0 Å². The lowest BCUT2D eigenvalue weighted by atomic mass is 10.2. The normalized spacial score (nSPS) is 11.3. The van der Waals surface area contributed by atoms with Crippen LogP contribution in [0.25, 0.3) is 0 Å². The molecule has 2 N–H and O–H groups in total. The second-order valence-corrected chi connectivity index (χ2v) is 3.73. The molecule has 0 bridgehead atoms. The topological polar surface area (TPSA) is 59.2 Å². The van der Waals surface area contributed by atoms with Crippen molar-refractivity contribution in [1.29, 1.82) is 0 Å². The molecule has 0 radical (unpaired) electrons. The van der Waals surface area contributed by atoms with Gasteiger partial charge in [-0.25, -0.2) is 0 Å². The van der Waals surface area contributed by atoms with Gasteiger partial charge in [0.2, 0.25) is 0 Å². The number of halogens is 3. The van der Waals surface area contributed by atoms with E-state index in [4.69, 9.17) is 5.73 Å². The first-order valence-electron chi connectivity index (χ1n) is 5.40. The third-order valence-electron chi connectivity index (χ3n) is 2.26. The van der Waals surface area contributed by atoms with Gasteiger partial charge in [0, 0.05) is 25.5 Å². The van der Waals surface area contributed by atoms with Crippen molar-refractivity contribution in [3.63, 3.8) is 0 Å². The van der Waals surface area contributed by atoms with E-state index in [1.807, 2.05) is 0 Å². The zero-order valence-corrected chi connectivity index (χ0v) is 9.65. The van der Waals surface area contributed by atoms with Crippen LogP contribution in [0, 0.1) is 0 Å². The molecule has 0 unspecified atom stereocenters. The van der Waals surface area contributed by atoms with Crippen molar-refractivity contribution in [2.45, 2.75) is 19.1 Å². The molecule has 0 fully saturated rings. The fourth-order valence-electron chi connectivity index (χ4n) is 1.43. The van der Waals surface area contributed by atoms with Crippen LogP contribution >= 0.6 is 0 Å². The van der Waals surface area contributed by atoms with Gasteiger partial charge in [-0.2, -0.15) is 13.2 Å². The Labute approximate surface area is 103 Å². The highest BCUT2D eigenvalue weighted by Crippen LogP contribution is 2.20. The number of nitrogens with zero attached hydrogens (tertiary/aromatic N) is 2. The SMILES string of the molecule is NCCCN(Cc1cccnc1)C(=O)C(F)(F)F. The van der Waals surface area contributed by atoms with E-state index in [1.165, 1.54) is 12.4 Å². The minimum atomic E-state index is -4.86. The molecule has 7 heteroatoms. The summed E-state index contributed by atoms with van der Waals surface area (Å²) in [7, 11) is 0. The number of aromatic nitrogens is 1. The monoisotopic (exact) mass is 261 g/mol. The quantitative estimate of drug-likeness (QED) is 0.869. The number of amides is 1. The number of carbonyl (C=O) groups excluding carboxylic acids is 1. The second-order valence-electron chi connectivity index (χ2n) is 3.73. The van der Waals surface area contributed by atoms with Crippen molar-refractivity contribution in [2.24, 2.45) is 5.73 Å². The molecule has 0 saturated heterocycles. The molecule has 1 aromatic rings. The fourth-order valence-corrected chi connectivity index (χ4v) is 1.43. The lowest BCUT2D eigenvalue weighted by Crippen LogP contribution is -2.41.